The van der Waals surface area contributed by atoms with Crippen LogP contribution in [-0.2, 0) is 4.79 Å². The fraction of sp³-hybridized carbons (Fsp3) is 0.286. The van der Waals surface area contributed by atoms with E-state index >= 15 is 0 Å². The first-order chi connectivity index (χ1) is 9.06. The van der Waals surface area contributed by atoms with Crippen molar-refractivity contribution in [1.29, 1.82) is 0 Å². The van der Waals surface area contributed by atoms with Crippen LogP contribution in [0.2, 0.25) is 0 Å². The summed E-state index contributed by atoms with van der Waals surface area (Å²) >= 11 is 1.59. The Labute approximate surface area is 116 Å². The monoisotopic (exact) mass is 275 g/mol. The van der Waals surface area contributed by atoms with Crippen LogP contribution in [0.15, 0.2) is 29.1 Å². The highest BCUT2D eigenvalue weighted by Gasteiger charge is 2.09. The van der Waals surface area contributed by atoms with E-state index in [0.717, 1.165) is 22.6 Å². The van der Waals surface area contributed by atoms with E-state index in [1.165, 1.54) is 6.92 Å². The maximum absolute atomic E-state index is 11.1. The summed E-state index contributed by atoms with van der Waals surface area (Å²) in [6, 6.07) is 5.97. The van der Waals surface area contributed by atoms with E-state index in [9.17, 15) is 4.79 Å². The Bertz CT molecular complexity index is 566. The fourth-order valence-electron chi connectivity index (χ4n) is 1.80. The summed E-state index contributed by atoms with van der Waals surface area (Å²) in [5.74, 6) is -0.0673. The Morgan fingerprint density at radius 3 is 2.84 bits per heavy atom. The first-order valence-electron chi connectivity index (χ1n) is 6.09. The number of aromatic nitrogens is 1. The van der Waals surface area contributed by atoms with Crippen molar-refractivity contribution in [2.24, 2.45) is 0 Å². The van der Waals surface area contributed by atoms with Crippen molar-refractivity contribution in [1.82, 2.24) is 4.98 Å². The Hall–Kier alpha value is -1.88. The molecule has 1 aromatic carbocycles. The van der Waals surface area contributed by atoms with Crippen LogP contribution in [0.3, 0.4) is 0 Å². The average molecular weight is 275 g/mol. The summed E-state index contributed by atoms with van der Waals surface area (Å²) in [5.41, 5.74) is 5.79. The predicted molar refractivity (Wildman–Crippen MR) is 79.6 cm³/mol. The van der Waals surface area contributed by atoms with Crippen LogP contribution in [0.4, 0.5) is 11.4 Å². The first kappa shape index (κ1) is 13.5. The number of amides is 1. The molecule has 2 rings (SSSR count). The fourth-order valence-corrected chi connectivity index (χ4v) is 2.45. The Morgan fingerprint density at radius 1 is 1.42 bits per heavy atom. The number of thiazole rings is 1. The van der Waals surface area contributed by atoms with Gasteiger partial charge in [0, 0.05) is 23.7 Å². The lowest BCUT2D eigenvalue weighted by Crippen LogP contribution is -2.10. The van der Waals surface area contributed by atoms with E-state index < -0.39 is 0 Å². The van der Waals surface area contributed by atoms with Crippen molar-refractivity contribution in [3.8, 4) is 0 Å². The molecule has 0 aliphatic heterocycles. The van der Waals surface area contributed by atoms with Crippen molar-refractivity contribution < 1.29 is 4.79 Å². The zero-order valence-electron chi connectivity index (χ0n) is 11.2. The van der Waals surface area contributed by atoms with Crippen molar-refractivity contribution in [2.45, 2.75) is 26.8 Å². The lowest BCUT2D eigenvalue weighted by Gasteiger charge is -2.16. The minimum Gasteiger partial charge on any atom is -0.377 e. The molecule has 1 heterocycles. The zero-order chi connectivity index (χ0) is 13.8. The second kappa shape index (κ2) is 5.84. The van der Waals surface area contributed by atoms with Gasteiger partial charge < -0.3 is 10.6 Å². The number of carbonyl (C=O) groups is 1. The van der Waals surface area contributed by atoms with E-state index in [4.69, 9.17) is 0 Å². The van der Waals surface area contributed by atoms with E-state index in [1.54, 1.807) is 11.3 Å². The van der Waals surface area contributed by atoms with Gasteiger partial charge in [0.1, 0.15) is 0 Å². The predicted octanol–water partition coefficient (Wildman–Crippen LogP) is 3.58. The number of rotatable bonds is 4. The molecule has 0 fully saturated rings. The summed E-state index contributed by atoms with van der Waals surface area (Å²) < 4.78 is 0. The number of hydrogen-bond acceptors (Lipinski definition) is 4. The van der Waals surface area contributed by atoms with Crippen molar-refractivity contribution >= 4 is 28.6 Å². The molecule has 100 valence electrons. The molecule has 0 spiro atoms. The largest absolute Gasteiger partial charge is 0.377 e. The van der Waals surface area contributed by atoms with Gasteiger partial charge in [-0.25, -0.2) is 4.98 Å². The second-order valence-corrected chi connectivity index (χ2v) is 5.21. The molecule has 0 saturated carbocycles. The summed E-state index contributed by atoms with van der Waals surface area (Å²) in [4.78, 5) is 15.4. The third kappa shape index (κ3) is 3.54. The van der Waals surface area contributed by atoms with Crippen molar-refractivity contribution in [3.63, 3.8) is 0 Å². The quantitative estimate of drug-likeness (QED) is 0.896. The second-order valence-electron chi connectivity index (χ2n) is 4.49. The molecule has 2 N–H and O–H groups in total. The number of benzene rings is 1. The highest BCUT2D eigenvalue weighted by atomic mass is 32.1. The van der Waals surface area contributed by atoms with Gasteiger partial charge in [0.25, 0.3) is 0 Å². The minimum absolute atomic E-state index is 0.0673. The van der Waals surface area contributed by atoms with Gasteiger partial charge in [0.2, 0.25) is 5.91 Å². The lowest BCUT2D eigenvalue weighted by molar-refractivity contribution is -0.114. The normalized spacial score (nSPS) is 11.9. The van der Waals surface area contributed by atoms with Crippen LogP contribution in [0, 0.1) is 6.92 Å². The molecule has 0 bridgehead atoms. The van der Waals surface area contributed by atoms with E-state index in [1.807, 2.05) is 36.0 Å². The van der Waals surface area contributed by atoms with Crippen LogP contribution < -0.4 is 10.6 Å². The number of nitrogens with zero attached hydrogens (tertiary/aromatic N) is 1. The van der Waals surface area contributed by atoms with Gasteiger partial charge >= 0.3 is 0 Å². The molecule has 19 heavy (non-hydrogen) atoms. The van der Waals surface area contributed by atoms with Gasteiger partial charge in [-0.2, -0.15) is 0 Å². The van der Waals surface area contributed by atoms with Crippen LogP contribution in [0.5, 0.6) is 0 Å². The van der Waals surface area contributed by atoms with Gasteiger partial charge in [-0.15, -0.1) is 11.3 Å². The van der Waals surface area contributed by atoms with E-state index in [2.05, 4.69) is 22.5 Å². The summed E-state index contributed by atoms with van der Waals surface area (Å²) in [7, 11) is 0. The molecule has 0 saturated heterocycles. The van der Waals surface area contributed by atoms with E-state index in [-0.39, 0.29) is 11.9 Å². The SMILES string of the molecule is CC(=O)Nc1ccc(C)c(NC(C)c2cscn2)c1. The highest BCUT2D eigenvalue weighted by molar-refractivity contribution is 7.07. The molecular formula is C14H17N3OS. The van der Waals surface area contributed by atoms with Crippen molar-refractivity contribution in [3.05, 3.63) is 40.3 Å². The topological polar surface area (TPSA) is 54.0 Å². The number of aryl methyl sites for hydroxylation is 1. The zero-order valence-corrected chi connectivity index (χ0v) is 12.0. The molecular weight excluding hydrogens is 258 g/mol. The number of hydrogen-bond donors (Lipinski definition) is 2. The summed E-state index contributed by atoms with van der Waals surface area (Å²) in [6.07, 6.45) is 0. The molecule has 5 heteroatoms. The molecule has 1 amide bonds. The maximum atomic E-state index is 11.1. The molecule has 1 atom stereocenters. The molecule has 0 aliphatic rings. The summed E-state index contributed by atoms with van der Waals surface area (Å²) in [6.45, 7) is 5.61. The standard InChI is InChI=1S/C14H17N3OS/c1-9-4-5-12(17-11(3)18)6-13(9)16-10(2)14-7-19-8-15-14/h4-8,10,16H,1-3H3,(H,17,18). The molecule has 1 unspecified atom stereocenters. The molecule has 2 aromatic rings. The summed E-state index contributed by atoms with van der Waals surface area (Å²) in [5, 5.41) is 8.24. The minimum atomic E-state index is -0.0673. The first-order valence-corrected chi connectivity index (χ1v) is 7.03. The Kier molecular flexibility index (Phi) is 4.16. The van der Waals surface area contributed by atoms with Crippen molar-refractivity contribution in [2.75, 3.05) is 10.6 Å². The maximum Gasteiger partial charge on any atom is 0.221 e. The van der Waals surface area contributed by atoms with Crippen LogP contribution >= 0.6 is 11.3 Å². The van der Waals surface area contributed by atoms with Gasteiger partial charge in [-0.1, -0.05) is 6.07 Å². The van der Waals surface area contributed by atoms with Gasteiger partial charge in [0.05, 0.1) is 17.2 Å². The average Bonchev–Trinajstić information content (AvgIpc) is 2.86. The number of anilines is 2. The van der Waals surface area contributed by atoms with Gasteiger partial charge in [-0.3, -0.25) is 4.79 Å². The van der Waals surface area contributed by atoms with Crippen LogP contribution in [0.25, 0.3) is 0 Å². The van der Waals surface area contributed by atoms with Crippen LogP contribution in [-0.4, -0.2) is 10.9 Å². The van der Waals surface area contributed by atoms with Gasteiger partial charge in [-0.05, 0) is 31.5 Å². The Balaban J connectivity index is 2.17. The van der Waals surface area contributed by atoms with Crippen LogP contribution in [0.1, 0.15) is 31.1 Å². The lowest BCUT2D eigenvalue weighted by atomic mass is 10.1. The smallest absolute Gasteiger partial charge is 0.221 e. The van der Waals surface area contributed by atoms with E-state index in [0.29, 0.717) is 0 Å². The van der Waals surface area contributed by atoms with Gasteiger partial charge in [0.15, 0.2) is 0 Å². The number of nitrogens with one attached hydrogen (secondary N) is 2. The third-order valence-corrected chi connectivity index (χ3v) is 3.43. The highest BCUT2D eigenvalue weighted by Crippen LogP contribution is 2.25. The number of carbonyl (C=O) groups excluding carboxylic acids is 1. The third-order valence-electron chi connectivity index (χ3n) is 2.83. The molecule has 0 aliphatic carbocycles. The molecule has 1 aromatic heterocycles. The Morgan fingerprint density at radius 2 is 2.21 bits per heavy atom. The molecule has 4 nitrogen and oxygen atoms in total. The molecule has 0 radical (unpaired) electrons.